The maximum Gasteiger partial charge on any atom is 0.175 e. The molecule has 0 N–H and O–H groups in total. The van der Waals surface area contributed by atoms with Crippen molar-refractivity contribution in [2.75, 3.05) is 7.11 Å². The van der Waals surface area contributed by atoms with Crippen molar-refractivity contribution in [3.05, 3.63) is 86.8 Å². The molecule has 0 atom stereocenters. The van der Waals surface area contributed by atoms with Crippen molar-refractivity contribution in [1.82, 2.24) is 0 Å². The van der Waals surface area contributed by atoms with Crippen LogP contribution in [0.5, 0.6) is 11.5 Å². The smallest absolute Gasteiger partial charge is 0.175 e. The lowest BCUT2D eigenvalue weighted by atomic mass is 10.2. The minimum Gasteiger partial charge on any atom is -0.493 e. The van der Waals surface area contributed by atoms with Crippen molar-refractivity contribution < 1.29 is 9.47 Å². The molecule has 3 rings (SSSR count). The van der Waals surface area contributed by atoms with E-state index in [2.05, 4.69) is 20.9 Å². The van der Waals surface area contributed by atoms with Gasteiger partial charge in [0, 0.05) is 11.2 Å². The molecule has 3 nitrogen and oxygen atoms in total. The lowest BCUT2D eigenvalue weighted by molar-refractivity contribution is 0.282. The predicted molar refractivity (Wildman–Crippen MR) is 115 cm³/mol. The van der Waals surface area contributed by atoms with E-state index in [1.54, 1.807) is 13.3 Å². The Morgan fingerprint density at radius 1 is 1.07 bits per heavy atom. The fraction of sp³-hybridized carbons (Fsp3) is 0.136. The Morgan fingerprint density at radius 3 is 2.59 bits per heavy atom. The average molecular weight is 445 g/mol. The fourth-order valence-electron chi connectivity index (χ4n) is 2.56. The van der Waals surface area contributed by atoms with Gasteiger partial charge in [0.2, 0.25) is 0 Å². The molecular weight excluding hydrogens is 426 g/mol. The monoisotopic (exact) mass is 443 g/mol. The molecule has 0 radical (unpaired) electrons. The van der Waals surface area contributed by atoms with Crippen LogP contribution < -0.4 is 9.47 Å². The maximum absolute atomic E-state index is 6.16. The number of rotatable bonds is 6. The van der Waals surface area contributed by atoms with Gasteiger partial charge in [0.05, 0.1) is 17.3 Å². The number of ether oxygens (including phenoxy) is 2. The zero-order valence-electron chi connectivity index (χ0n) is 15.1. The van der Waals surface area contributed by atoms with Gasteiger partial charge in [-0.25, -0.2) is 0 Å². The van der Waals surface area contributed by atoms with E-state index in [-0.39, 0.29) is 0 Å². The van der Waals surface area contributed by atoms with Gasteiger partial charge in [-0.15, -0.1) is 0 Å². The number of halogens is 2. The first-order valence-corrected chi connectivity index (χ1v) is 9.59. The molecule has 0 bridgehead atoms. The minimum atomic E-state index is 0.463. The van der Waals surface area contributed by atoms with Crippen LogP contribution in [0, 0.1) is 6.92 Å². The number of benzene rings is 3. The Morgan fingerprint density at radius 2 is 1.85 bits per heavy atom. The molecule has 0 aromatic heterocycles. The summed E-state index contributed by atoms with van der Waals surface area (Å²) in [5.74, 6) is 1.31. The second-order valence-corrected chi connectivity index (χ2v) is 7.21. The number of methoxy groups -OCH3 is 1. The van der Waals surface area contributed by atoms with Crippen molar-refractivity contribution in [2.45, 2.75) is 13.5 Å². The van der Waals surface area contributed by atoms with Crippen LogP contribution in [0.1, 0.15) is 16.7 Å². The normalized spacial score (nSPS) is 11.0. The topological polar surface area (TPSA) is 30.8 Å². The molecule has 3 aromatic rings. The SMILES string of the molecule is COc1cc(C=Nc2cccc(Cl)c2C)cc(Br)c1OCc1ccccc1. The number of hydrogen-bond donors (Lipinski definition) is 0. The van der Waals surface area contributed by atoms with Gasteiger partial charge in [-0.3, -0.25) is 4.99 Å². The first kappa shape index (κ1) is 19.5. The van der Waals surface area contributed by atoms with Crippen LogP contribution in [0.2, 0.25) is 5.02 Å². The molecule has 27 heavy (non-hydrogen) atoms. The second-order valence-electron chi connectivity index (χ2n) is 5.95. The Balaban J connectivity index is 1.83. The standard InChI is InChI=1S/C22H19BrClNO2/c1-15-19(24)9-6-10-20(15)25-13-17-11-18(23)22(21(12-17)26-2)27-14-16-7-4-3-5-8-16/h3-13H,14H2,1-2H3. The summed E-state index contributed by atoms with van der Waals surface area (Å²) in [6.07, 6.45) is 1.78. The minimum absolute atomic E-state index is 0.463. The van der Waals surface area contributed by atoms with Crippen LogP contribution in [0.3, 0.4) is 0 Å². The van der Waals surface area contributed by atoms with Gasteiger partial charge in [0.25, 0.3) is 0 Å². The van der Waals surface area contributed by atoms with Crippen molar-refractivity contribution in [1.29, 1.82) is 0 Å². The molecule has 0 saturated heterocycles. The zero-order valence-corrected chi connectivity index (χ0v) is 17.4. The van der Waals surface area contributed by atoms with Gasteiger partial charge in [-0.1, -0.05) is 48.0 Å². The van der Waals surface area contributed by atoms with Gasteiger partial charge in [-0.05, 0) is 63.8 Å². The van der Waals surface area contributed by atoms with E-state index < -0.39 is 0 Å². The van der Waals surface area contributed by atoms with Crippen LogP contribution in [0.4, 0.5) is 5.69 Å². The van der Waals surface area contributed by atoms with Gasteiger partial charge < -0.3 is 9.47 Å². The molecule has 0 aliphatic heterocycles. The van der Waals surface area contributed by atoms with E-state index in [1.807, 2.05) is 67.6 Å². The van der Waals surface area contributed by atoms with E-state index in [9.17, 15) is 0 Å². The van der Waals surface area contributed by atoms with Gasteiger partial charge in [0.15, 0.2) is 11.5 Å². The maximum atomic E-state index is 6.16. The Kier molecular flexibility index (Phi) is 6.54. The van der Waals surface area contributed by atoms with E-state index in [1.165, 1.54) is 0 Å². The van der Waals surface area contributed by atoms with Crippen molar-refractivity contribution >= 4 is 39.4 Å². The highest BCUT2D eigenvalue weighted by molar-refractivity contribution is 9.10. The molecule has 138 valence electrons. The summed E-state index contributed by atoms with van der Waals surface area (Å²) in [5.41, 5.74) is 3.77. The molecule has 0 amide bonds. The quantitative estimate of drug-likeness (QED) is 0.394. The number of aliphatic imine (C=N–C) groups is 1. The summed E-state index contributed by atoms with van der Waals surface area (Å²) >= 11 is 9.73. The van der Waals surface area contributed by atoms with Crippen LogP contribution >= 0.6 is 27.5 Å². The van der Waals surface area contributed by atoms with Gasteiger partial charge in [-0.2, -0.15) is 0 Å². The predicted octanol–water partition coefficient (Wildman–Crippen LogP) is 6.75. The lowest BCUT2D eigenvalue weighted by Crippen LogP contribution is -1.99. The molecule has 0 fully saturated rings. The largest absolute Gasteiger partial charge is 0.493 e. The molecule has 0 spiro atoms. The molecule has 0 aliphatic carbocycles. The fourth-order valence-corrected chi connectivity index (χ4v) is 3.31. The molecular formula is C22H19BrClNO2. The summed E-state index contributed by atoms with van der Waals surface area (Å²) < 4.78 is 12.3. The summed E-state index contributed by atoms with van der Waals surface area (Å²) in [6, 6.07) is 19.5. The third-order valence-electron chi connectivity index (χ3n) is 4.07. The van der Waals surface area contributed by atoms with Crippen LogP contribution in [-0.2, 0) is 6.61 Å². The van der Waals surface area contributed by atoms with Crippen molar-refractivity contribution in [3.8, 4) is 11.5 Å². The van der Waals surface area contributed by atoms with Crippen LogP contribution in [-0.4, -0.2) is 13.3 Å². The molecule has 0 unspecified atom stereocenters. The molecule has 0 saturated carbocycles. The summed E-state index contributed by atoms with van der Waals surface area (Å²) in [4.78, 5) is 4.55. The van der Waals surface area contributed by atoms with Crippen molar-refractivity contribution in [3.63, 3.8) is 0 Å². The molecule has 0 aliphatic rings. The highest BCUT2D eigenvalue weighted by Gasteiger charge is 2.11. The van der Waals surface area contributed by atoms with Gasteiger partial charge >= 0.3 is 0 Å². The Hall–Kier alpha value is -2.30. The third-order valence-corrected chi connectivity index (χ3v) is 5.07. The highest BCUT2D eigenvalue weighted by atomic mass is 79.9. The average Bonchev–Trinajstić information content (AvgIpc) is 2.68. The first-order valence-electron chi connectivity index (χ1n) is 8.42. The first-order chi connectivity index (χ1) is 13.1. The zero-order chi connectivity index (χ0) is 19.2. The highest BCUT2D eigenvalue weighted by Crippen LogP contribution is 2.37. The van der Waals surface area contributed by atoms with Crippen LogP contribution in [0.15, 0.2) is 70.1 Å². The molecule has 5 heteroatoms. The summed E-state index contributed by atoms with van der Waals surface area (Å²) in [5, 5.41) is 0.702. The van der Waals surface area contributed by atoms with Gasteiger partial charge in [0.1, 0.15) is 6.61 Å². The number of hydrogen-bond acceptors (Lipinski definition) is 3. The Bertz CT molecular complexity index is 958. The van der Waals surface area contributed by atoms with E-state index in [0.717, 1.165) is 26.9 Å². The van der Waals surface area contributed by atoms with Crippen molar-refractivity contribution in [2.24, 2.45) is 4.99 Å². The van der Waals surface area contributed by atoms with E-state index in [4.69, 9.17) is 21.1 Å². The molecule has 3 aromatic carbocycles. The Labute approximate surface area is 172 Å². The van der Waals surface area contributed by atoms with E-state index >= 15 is 0 Å². The van der Waals surface area contributed by atoms with Crippen LogP contribution in [0.25, 0.3) is 0 Å². The lowest BCUT2D eigenvalue weighted by Gasteiger charge is -2.13. The summed E-state index contributed by atoms with van der Waals surface area (Å²) in [7, 11) is 1.62. The second kappa shape index (κ2) is 9.07. The van der Waals surface area contributed by atoms with E-state index in [0.29, 0.717) is 23.1 Å². The number of nitrogens with zero attached hydrogens (tertiary/aromatic N) is 1. The summed E-state index contributed by atoms with van der Waals surface area (Å²) in [6.45, 7) is 2.41. The third kappa shape index (κ3) is 4.90. The molecule has 0 heterocycles.